The fourth-order valence-corrected chi connectivity index (χ4v) is 1.67. The van der Waals surface area contributed by atoms with Crippen molar-refractivity contribution >= 4 is 27.1 Å². The third-order valence-corrected chi connectivity index (χ3v) is 3.06. The molecule has 0 saturated carbocycles. The van der Waals surface area contributed by atoms with Crippen LogP contribution < -0.4 is 9.92 Å². The number of alkyl halides is 3. The van der Waals surface area contributed by atoms with E-state index in [0.717, 1.165) is 0 Å². The molecule has 8 nitrogen and oxygen atoms in total. The van der Waals surface area contributed by atoms with Crippen LogP contribution in [-0.4, -0.2) is 28.9 Å². The van der Waals surface area contributed by atoms with Crippen molar-refractivity contribution in [1.29, 1.82) is 5.26 Å². The molecule has 2 heterocycles. The molecule has 20 heavy (non-hydrogen) atoms. The first-order valence-electron chi connectivity index (χ1n) is 4.71. The number of hydrogen-bond acceptors (Lipinski definition) is 7. The van der Waals surface area contributed by atoms with Gasteiger partial charge in [-0.3, -0.25) is 0 Å². The van der Waals surface area contributed by atoms with Gasteiger partial charge >= 0.3 is 15.6 Å². The Kier molecular flexibility index (Phi) is 2.94. The number of halogens is 3. The largest absolute Gasteiger partial charge is 0.534 e. The van der Waals surface area contributed by atoms with Crippen molar-refractivity contribution in [2.75, 3.05) is 5.73 Å². The summed E-state index contributed by atoms with van der Waals surface area (Å²) in [6.45, 7) is 0. The second kappa shape index (κ2) is 4.23. The standard InChI is InChI=1S/C8H4F3N5O3S/c9-8(10,11)20(17,18)19-4-2-14-5-3(1-12)6(13)16-7(5)15-4/h2H,13H2,(H,15,16). The number of anilines is 1. The maximum absolute atomic E-state index is 12.1. The van der Waals surface area contributed by atoms with Crippen molar-refractivity contribution < 1.29 is 25.8 Å². The van der Waals surface area contributed by atoms with E-state index in [2.05, 4.69) is 19.1 Å². The maximum atomic E-state index is 12.1. The van der Waals surface area contributed by atoms with Gasteiger partial charge in [-0.2, -0.15) is 31.8 Å². The second-order valence-corrected chi connectivity index (χ2v) is 4.95. The van der Waals surface area contributed by atoms with Gasteiger partial charge in [-0.25, -0.2) is 4.98 Å². The quantitative estimate of drug-likeness (QED) is 0.614. The smallest absolute Gasteiger partial charge is 0.384 e. The summed E-state index contributed by atoms with van der Waals surface area (Å²) in [6, 6.07) is 1.71. The third-order valence-electron chi connectivity index (χ3n) is 2.10. The minimum Gasteiger partial charge on any atom is -0.384 e. The average Bonchev–Trinajstić information content (AvgIpc) is 2.61. The summed E-state index contributed by atoms with van der Waals surface area (Å²) < 4.78 is 61.7. The normalized spacial score (nSPS) is 12.3. The predicted molar refractivity (Wildman–Crippen MR) is 58.6 cm³/mol. The minimum absolute atomic E-state index is 0.0123. The van der Waals surface area contributed by atoms with Crippen LogP contribution in [0.25, 0.3) is 11.2 Å². The summed E-state index contributed by atoms with van der Waals surface area (Å²) in [5, 5.41) is 8.77. The van der Waals surface area contributed by atoms with Gasteiger partial charge in [0.15, 0.2) is 5.65 Å². The molecule has 0 aliphatic carbocycles. The fraction of sp³-hybridized carbons (Fsp3) is 0.125. The molecule has 0 aliphatic rings. The van der Waals surface area contributed by atoms with Gasteiger partial charge in [0.05, 0.1) is 6.20 Å². The van der Waals surface area contributed by atoms with Gasteiger partial charge < -0.3 is 14.9 Å². The zero-order chi connectivity index (χ0) is 15.1. The van der Waals surface area contributed by atoms with Crippen LogP contribution in [0.4, 0.5) is 19.0 Å². The number of hydrogen-bond donors (Lipinski definition) is 2. The number of nitriles is 1. The van der Waals surface area contributed by atoms with Gasteiger partial charge in [0.1, 0.15) is 23.0 Å². The van der Waals surface area contributed by atoms with Crippen LogP contribution in [0.3, 0.4) is 0 Å². The molecule has 2 aromatic rings. The topological polar surface area (TPSA) is 135 Å². The Morgan fingerprint density at radius 1 is 1.45 bits per heavy atom. The Hall–Kier alpha value is -2.55. The zero-order valence-corrected chi connectivity index (χ0v) is 10.1. The molecule has 106 valence electrons. The Morgan fingerprint density at radius 2 is 2.10 bits per heavy atom. The summed E-state index contributed by atoms with van der Waals surface area (Å²) >= 11 is 0. The lowest BCUT2D eigenvalue weighted by Crippen LogP contribution is -2.28. The lowest BCUT2D eigenvalue weighted by Gasteiger charge is -2.07. The number of nitrogens with zero attached hydrogens (tertiary/aromatic N) is 3. The summed E-state index contributed by atoms with van der Waals surface area (Å²) in [7, 11) is -5.84. The highest BCUT2D eigenvalue weighted by molar-refractivity contribution is 7.87. The van der Waals surface area contributed by atoms with Crippen LogP contribution in [-0.2, 0) is 10.1 Å². The Balaban J connectivity index is 2.47. The van der Waals surface area contributed by atoms with Gasteiger partial charge in [-0.15, -0.1) is 0 Å². The number of aromatic nitrogens is 3. The van der Waals surface area contributed by atoms with Crippen LogP contribution in [0.2, 0.25) is 0 Å². The molecule has 2 aromatic heterocycles. The van der Waals surface area contributed by atoms with E-state index >= 15 is 0 Å². The predicted octanol–water partition coefficient (Wildman–Crippen LogP) is 0.640. The number of aromatic amines is 1. The van der Waals surface area contributed by atoms with E-state index < -0.39 is 21.5 Å². The van der Waals surface area contributed by atoms with Gasteiger partial charge in [0.2, 0.25) is 0 Å². The van der Waals surface area contributed by atoms with Crippen LogP contribution in [0, 0.1) is 11.3 Å². The number of nitrogen functional groups attached to an aromatic ring is 1. The molecule has 0 fully saturated rings. The number of rotatable bonds is 2. The van der Waals surface area contributed by atoms with Gasteiger partial charge in [-0.05, 0) is 0 Å². The Labute approximate surface area is 109 Å². The number of H-pyrrole nitrogens is 1. The van der Waals surface area contributed by atoms with Crippen LogP contribution in [0.5, 0.6) is 5.88 Å². The first-order valence-corrected chi connectivity index (χ1v) is 6.11. The molecule has 0 amide bonds. The Morgan fingerprint density at radius 3 is 2.65 bits per heavy atom. The van der Waals surface area contributed by atoms with E-state index in [0.29, 0.717) is 6.20 Å². The van der Waals surface area contributed by atoms with E-state index in [-0.39, 0.29) is 22.5 Å². The molecule has 0 atom stereocenters. The van der Waals surface area contributed by atoms with Crippen molar-refractivity contribution in [2.24, 2.45) is 0 Å². The summed E-state index contributed by atoms with van der Waals surface area (Å²) in [5.41, 5.74) is -0.416. The lowest BCUT2D eigenvalue weighted by atomic mass is 10.3. The molecule has 0 aliphatic heterocycles. The number of nitrogens with two attached hydrogens (primary N) is 1. The monoisotopic (exact) mass is 307 g/mol. The fourth-order valence-electron chi connectivity index (χ4n) is 1.27. The highest BCUT2D eigenvalue weighted by atomic mass is 32.2. The van der Waals surface area contributed by atoms with Gasteiger partial charge in [-0.1, -0.05) is 0 Å². The zero-order valence-electron chi connectivity index (χ0n) is 9.26. The minimum atomic E-state index is -5.84. The molecule has 0 saturated heterocycles. The molecule has 0 unspecified atom stereocenters. The van der Waals surface area contributed by atoms with Gasteiger partial charge in [0.25, 0.3) is 5.88 Å². The highest BCUT2D eigenvalue weighted by Crippen LogP contribution is 2.27. The van der Waals surface area contributed by atoms with Crippen LogP contribution in [0.15, 0.2) is 6.20 Å². The van der Waals surface area contributed by atoms with Crippen molar-refractivity contribution in [2.45, 2.75) is 5.51 Å². The summed E-state index contributed by atoms with van der Waals surface area (Å²) in [5.74, 6) is -1.00. The molecular weight excluding hydrogens is 303 g/mol. The molecule has 0 aromatic carbocycles. The van der Waals surface area contributed by atoms with Crippen molar-refractivity contribution in [3.05, 3.63) is 11.8 Å². The SMILES string of the molecule is N#Cc1c(N)[nH]c2nc(OS(=O)(=O)C(F)(F)F)cnc12. The van der Waals surface area contributed by atoms with Crippen LogP contribution >= 0.6 is 0 Å². The Bertz CT molecular complexity index is 820. The van der Waals surface area contributed by atoms with Gasteiger partial charge in [0, 0.05) is 0 Å². The van der Waals surface area contributed by atoms with E-state index in [1.807, 2.05) is 0 Å². The molecule has 0 spiro atoms. The lowest BCUT2D eigenvalue weighted by molar-refractivity contribution is -0.0501. The molecule has 0 bridgehead atoms. The molecule has 3 N–H and O–H groups in total. The summed E-state index contributed by atoms with van der Waals surface area (Å²) in [4.78, 5) is 9.41. The number of nitrogens with one attached hydrogen (secondary N) is 1. The summed E-state index contributed by atoms with van der Waals surface area (Å²) in [6.07, 6.45) is 0.639. The first kappa shape index (κ1) is 13.9. The maximum Gasteiger partial charge on any atom is 0.534 e. The molecule has 2 rings (SSSR count). The highest BCUT2D eigenvalue weighted by Gasteiger charge is 2.49. The third kappa shape index (κ3) is 2.18. The van der Waals surface area contributed by atoms with Crippen molar-refractivity contribution in [3.8, 4) is 11.9 Å². The number of fused-ring (bicyclic) bond motifs is 1. The van der Waals surface area contributed by atoms with Crippen LogP contribution in [0.1, 0.15) is 5.56 Å². The van der Waals surface area contributed by atoms with E-state index in [4.69, 9.17) is 11.0 Å². The van der Waals surface area contributed by atoms with E-state index in [1.54, 1.807) is 6.07 Å². The molecular formula is C8H4F3N5O3S. The first-order chi connectivity index (χ1) is 9.15. The van der Waals surface area contributed by atoms with Crippen molar-refractivity contribution in [1.82, 2.24) is 15.0 Å². The van der Waals surface area contributed by atoms with E-state index in [9.17, 15) is 21.6 Å². The molecule has 0 radical (unpaired) electrons. The molecule has 12 heteroatoms. The van der Waals surface area contributed by atoms with E-state index in [1.165, 1.54) is 0 Å². The second-order valence-electron chi connectivity index (χ2n) is 3.41. The average molecular weight is 307 g/mol. The van der Waals surface area contributed by atoms with Crippen molar-refractivity contribution in [3.63, 3.8) is 0 Å².